The smallest absolute Gasteiger partial charge is 0.166 e. The number of hydrogen-bond donors (Lipinski definition) is 1. The van der Waals surface area contributed by atoms with Crippen LogP contribution in [0.5, 0.6) is 5.75 Å². The summed E-state index contributed by atoms with van der Waals surface area (Å²) in [6, 6.07) is 11.1. The van der Waals surface area contributed by atoms with Gasteiger partial charge in [0.05, 0.1) is 6.61 Å². The molecule has 8 heteroatoms. The lowest BCUT2D eigenvalue weighted by Gasteiger charge is -2.15. The molecule has 158 valence electrons. The molecule has 0 aliphatic carbocycles. The maximum Gasteiger partial charge on any atom is 0.166 e. The van der Waals surface area contributed by atoms with E-state index in [1.165, 1.54) is 12.1 Å². The number of halogens is 2. The van der Waals surface area contributed by atoms with Gasteiger partial charge in [-0.2, -0.15) is 0 Å². The fourth-order valence-electron chi connectivity index (χ4n) is 3.24. The van der Waals surface area contributed by atoms with Gasteiger partial charge in [-0.3, -0.25) is 4.98 Å². The molecule has 0 saturated carbocycles. The minimum atomic E-state index is -0.927. The van der Waals surface area contributed by atoms with Crippen molar-refractivity contribution in [2.75, 3.05) is 32.7 Å². The summed E-state index contributed by atoms with van der Waals surface area (Å²) in [5, 5.41) is 3.67. The Morgan fingerprint density at radius 2 is 1.87 bits per heavy atom. The molecule has 2 aromatic carbocycles. The fourth-order valence-corrected chi connectivity index (χ4v) is 3.24. The minimum Gasteiger partial charge on any atom is -0.489 e. The molecule has 2 aromatic heterocycles. The number of hydrogen-bond acceptors (Lipinski definition) is 6. The Kier molecular flexibility index (Phi) is 5.99. The van der Waals surface area contributed by atoms with E-state index < -0.39 is 11.6 Å². The standard InChI is InChI=1S/C23H20F2N4O2/c1-26-23-17-11-15(16-6-3-7-18(24)20(16)25)12-19(31-10-9-30-2)21(17)28-22(29-23)14-5-4-8-27-13-14/h3-8,11-13H,9-10H2,1-2H3,(H,26,28,29). The number of aromatic nitrogens is 3. The number of methoxy groups -OCH3 is 1. The first-order chi connectivity index (χ1) is 15.1. The van der Waals surface area contributed by atoms with E-state index in [0.717, 1.165) is 11.6 Å². The van der Waals surface area contributed by atoms with Crippen LogP contribution >= 0.6 is 0 Å². The summed E-state index contributed by atoms with van der Waals surface area (Å²) >= 11 is 0. The molecule has 2 heterocycles. The lowest BCUT2D eigenvalue weighted by atomic mass is 10.0. The highest BCUT2D eigenvalue weighted by Gasteiger charge is 2.18. The van der Waals surface area contributed by atoms with Gasteiger partial charge in [0, 0.05) is 43.1 Å². The van der Waals surface area contributed by atoms with E-state index in [4.69, 9.17) is 9.47 Å². The topological polar surface area (TPSA) is 69.2 Å². The van der Waals surface area contributed by atoms with Crippen molar-refractivity contribution in [3.8, 4) is 28.3 Å². The van der Waals surface area contributed by atoms with E-state index in [1.807, 2.05) is 6.07 Å². The molecule has 0 amide bonds. The number of pyridine rings is 1. The Hall–Kier alpha value is -3.65. The van der Waals surface area contributed by atoms with Crippen molar-refractivity contribution in [3.63, 3.8) is 0 Å². The van der Waals surface area contributed by atoms with Crippen LogP contribution in [0.4, 0.5) is 14.6 Å². The first kappa shape index (κ1) is 20.6. The second-order valence-electron chi connectivity index (χ2n) is 6.70. The van der Waals surface area contributed by atoms with Crippen molar-refractivity contribution >= 4 is 16.7 Å². The van der Waals surface area contributed by atoms with Gasteiger partial charge in [0.25, 0.3) is 0 Å². The highest BCUT2D eigenvalue weighted by Crippen LogP contribution is 2.37. The lowest BCUT2D eigenvalue weighted by molar-refractivity contribution is 0.147. The predicted octanol–water partition coefficient (Wildman–Crippen LogP) is 4.70. The molecular formula is C23H20F2N4O2. The SMILES string of the molecule is CNc1nc(-c2cccnc2)nc2c(OCCOC)cc(-c3cccc(F)c3F)cc12. The molecule has 0 fully saturated rings. The molecule has 0 aliphatic rings. The van der Waals surface area contributed by atoms with Gasteiger partial charge in [0.15, 0.2) is 17.5 Å². The number of nitrogens with zero attached hydrogens (tertiary/aromatic N) is 3. The highest BCUT2D eigenvalue weighted by molar-refractivity contribution is 5.97. The van der Waals surface area contributed by atoms with Gasteiger partial charge in [-0.15, -0.1) is 0 Å². The number of fused-ring (bicyclic) bond motifs is 1. The van der Waals surface area contributed by atoms with Crippen LogP contribution < -0.4 is 10.1 Å². The summed E-state index contributed by atoms with van der Waals surface area (Å²) in [6.07, 6.45) is 3.34. The number of ether oxygens (including phenoxy) is 2. The van der Waals surface area contributed by atoms with E-state index in [1.54, 1.807) is 44.8 Å². The predicted molar refractivity (Wildman–Crippen MR) is 115 cm³/mol. The van der Waals surface area contributed by atoms with Gasteiger partial charge in [-0.1, -0.05) is 12.1 Å². The Balaban J connectivity index is 1.95. The van der Waals surface area contributed by atoms with Crippen LogP contribution in [0.1, 0.15) is 0 Å². The summed E-state index contributed by atoms with van der Waals surface area (Å²) in [5.74, 6) is -0.442. The Morgan fingerprint density at radius 1 is 1.00 bits per heavy atom. The van der Waals surface area contributed by atoms with Gasteiger partial charge >= 0.3 is 0 Å². The summed E-state index contributed by atoms with van der Waals surface area (Å²) < 4.78 is 39.3. The maximum atomic E-state index is 14.5. The Labute approximate surface area is 177 Å². The van der Waals surface area contributed by atoms with Crippen LogP contribution in [0.2, 0.25) is 0 Å². The first-order valence-electron chi connectivity index (χ1n) is 9.62. The molecule has 0 radical (unpaired) electrons. The normalized spacial score (nSPS) is 11.0. The number of benzene rings is 2. The van der Waals surface area contributed by atoms with Gasteiger partial charge in [0.2, 0.25) is 0 Å². The fraction of sp³-hybridized carbons (Fsp3) is 0.174. The van der Waals surface area contributed by atoms with Gasteiger partial charge < -0.3 is 14.8 Å². The molecular weight excluding hydrogens is 402 g/mol. The van der Waals surface area contributed by atoms with Crippen molar-refractivity contribution in [1.82, 2.24) is 15.0 Å². The van der Waals surface area contributed by atoms with Crippen molar-refractivity contribution < 1.29 is 18.3 Å². The van der Waals surface area contributed by atoms with Crippen molar-refractivity contribution in [2.45, 2.75) is 0 Å². The maximum absolute atomic E-state index is 14.5. The van der Waals surface area contributed by atoms with Crippen LogP contribution in [0, 0.1) is 11.6 Å². The summed E-state index contributed by atoms with van der Waals surface area (Å²) in [5.41, 5.74) is 1.85. The third-order valence-corrected chi connectivity index (χ3v) is 4.73. The molecule has 31 heavy (non-hydrogen) atoms. The van der Waals surface area contributed by atoms with Crippen LogP contribution in [0.15, 0.2) is 54.9 Å². The molecule has 0 bridgehead atoms. The molecule has 0 aliphatic heterocycles. The van der Waals surface area contributed by atoms with Crippen molar-refractivity contribution in [3.05, 3.63) is 66.5 Å². The second kappa shape index (κ2) is 9.01. The minimum absolute atomic E-state index is 0.122. The number of nitrogens with one attached hydrogen (secondary N) is 1. The summed E-state index contributed by atoms with van der Waals surface area (Å²) in [4.78, 5) is 13.4. The molecule has 6 nitrogen and oxygen atoms in total. The summed E-state index contributed by atoms with van der Waals surface area (Å²) in [6.45, 7) is 0.626. The van der Waals surface area contributed by atoms with Crippen LogP contribution in [0.3, 0.4) is 0 Å². The van der Waals surface area contributed by atoms with E-state index >= 15 is 0 Å². The van der Waals surface area contributed by atoms with E-state index in [2.05, 4.69) is 20.3 Å². The van der Waals surface area contributed by atoms with Crippen LogP contribution in [0.25, 0.3) is 33.4 Å². The zero-order valence-corrected chi connectivity index (χ0v) is 17.0. The van der Waals surface area contributed by atoms with Crippen molar-refractivity contribution in [2.24, 2.45) is 0 Å². The van der Waals surface area contributed by atoms with E-state index in [-0.39, 0.29) is 12.2 Å². The van der Waals surface area contributed by atoms with Crippen LogP contribution in [-0.4, -0.2) is 42.3 Å². The van der Waals surface area contributed by atoms with Crippen LogP contribution in [-0.2, 0) is 4.74 Å². The molecule has 0 saturated heterocycles. The second-order valence-corrected chi connectivity index (χ2v) is 6.70. The quantitative estimate of drug-likeness (QED) is 0.435. The number of rotatable bonds is 7. The van der Waals surface area contributed by atoms with Gasteiger partial charge in [0.1, 0.15) is 23.7 Å². The molecule has 0 atom stereocenters. The van der Waals surface area contributed by atoms with Crippen molar-refractivity contribution in [1.29, 1.82) is 0 Å². The van der Waals surface area contributed by atoms with Gasteiger partial charge in [-0.25, -0.2) is 18.7 Å². The third kappa shape index (κ3) is 4.15. The molecule has 4 aromatic rings. The molecule has 1 N–H and O–H groups in total. The molecule has 4 rings (SSSR count). The zero-order valence-electron chi connectivity index (χ0n) is 17.0. The molecule has 0 unspecified atom stereocenters. The van der Waals surface area contributed by atoms with E-state index in [9.17, 15) is 8.78 Å². The number of anilines is 1. The monoisotopic (exact) mass is 422 g/mol. The Morgan fingerprint density at radius 3 is 2.61 bits per heavy atom. The van der Waals surface area contributed by atoms with E-state index in [0.29, 0.717) is 40.5 Å². The largest absolute Gasteiger partial charge is 0.489 e. The average Bonchev–Trinajstić information content (AvgIpc) is 2.80. The first-order valence-corrected chi connectivity index (χ1v) is 9.62. The third-order valence-electron chi connectivity index (χ3n) is 4.73. The molecule has 0 spiro atoms. The average molecular weight is 422 g/mol. The lowest BCUT2D eigenvalue weighted by Crippen LogP contribution is -2.06. The Bertz CT molecular complexity index is 1220. The van der Waals surface area contributed by atoms with Gasteiger partial charge in [-0.05, 0) is 35.9 Å². The summed E-state index contributed by atoms with van der Waals surface area (Å²) in [7, 11) is 3.30. The highest BCUT2D eigenvalue weighted by atomic mass is 19.2. The zero-order chi connectivity index (χ0) is 21.8.